The zero-order valence-corrected chi connectivity index (χ0v) is 12.5. The van der Waals surface area contributed by atoms with E-state index in [1.807, 2.05) is 31.2 Å². The molecule has 1 aromatic rings. The van der Waals surface area contributed by atoms with E-state index in [1.54, 1.807) is 0 Å². The average Bonchev–Trinajstić information content (AvgIpc) is 2.29. The molecular formula is C14H11Br2N. The molecule has 0 fully saturated rings. The quantitative estimate of drug-likeness (QED) is 0.672. The zero-order valence-electron chi connectivity index (χ0n) is 9.37. The van der Waals surface area contributed by atoms with E-state index < -0.39 is 0 Å². The van der Waals surface area contributed by atoms with Crippen LogP contribution in [0.15, 0.2) is 36.4 Å². The van der Waals surface area contributed by atoms with Gasteiger partial charge < -0.3 is 0 Å². The number of rotatable bonds is 1. The van der Waals surface area contributed by atoms with Gasteiger partial charge in [0.25, 0.3) is 0 Å². The maximum absolute atomic E-state index is 9.21. The van der Waals surface area contributed by atoms with Crippen molar-refractivity contribution in [3.05, 3.63) is 53.1 Å². The molecule has 1 aliphatic carbocycles. The van der Waals surface area contributed by atoms with Gasteiger partial charge in [0.2, 0.25) is 0 Å². The highest BCUT2D eigenvalue weighted by Gasteiger charge is 2.21. The molecule has 17 heavy (non-hydrogen) atoms. The maximum atomic E-state index is 9.21. The summed E-state index contributed by atoms with van der Waals surface area (Å²) in [7, 11) is 0. The highest BCUT2D eigenvalue weighted by molar-refractivity contribution is 9.25. The summed E-state index contributed by atoms with van der Waals surface area (Å²) in [6, 6.07) is 8.24. The second-order valence-electron chi connectivity index (χ2n) is 4.07. The summed E-state index contributed by atoms with van der Waals surface area (Å²) < 4.78 is -0.139. The van der Waals surface area contributed by atoms with Crippen LogP contribution in [0.1, 0.15) is 23.1 Å². The molecule has 0 heterocycles. The van der Waals surface area contributed by atoms with Crippen LogP contribution in [0.4, 0.5) is 0 Å². The summed E-state index contributed by atoms with van der Waals surface area (Å²) in [5, 5.41) is 9.21. The highest BCUT2D eigenvalue weighted by atomic mass is 79.9. The third-order valence-corrected chi connectivity index (χ3v) is 3.97. The normalized spacial score (nSPS) is 17.4. The number of halogens is 2. The number of hydrogen-bond donors (Lipinski definition) is 0. The van der Waals surface area contributed by atoms with Crippen LogP contribution < -0.4 is 0 Å². The molecule has 0 N–H and O–H groups in total. The Labute approximate surface area is 118 Å². The van der Waals surface area contributed by atoms with E-state index in [9.17, 15) is 5.26 Å². The third-order valence-electron chi connectivity index (χ3n) is 2.80. The van der Waals surface area contributed by atoms with Crippen LogP contribution in [-0.4, -0.2) is 3.23 Å². The summed E-state index contributed by atoms with van der Waals surface area (Å²) >= 11 is 7.13. The molecule has 0 spiro atoms. The number of allylic oxidation sites excluding steroid dienone is 4. The smallest absolute Gasteiger partial charge is 0.102 e. The largest absolute Gasteiger partial charge is 0.192 e. The van der Waals surface area contributed by atoms with Gasteiger partial charge in [0.1, 0.15) is 9.30 Å². The number of benzene rings is 1. The Hall–Kier alpha value is -0.850. The van der Waals surface area contributed by atoms with Crippen LogP contribution in [0.2, 0.25) is 0 Å². The van der Waals surface area contributed by atoms with E-state index in [0.29, 0.717) is 0 Å². The molecule has 3 heteroatoms. The van der Waals surface area contributed by atoms with Gasteiger partial charge >= 0.3 is 0 Å². The summed E-state index contributed by atoms with van der Waals surface area (Å²) in [5.41, 5.74) is 3.91. The highest BCUT2D eigenvalue weighted by Crippen LogP contribution is 2.38. The van der Waals surface area contributed by atoms with E-state index in [2.05, 4.69) is 50.1 Å². The van der Waals surface area contributed by atoms with Gasteiger partial charge in [-0.15, -0.1) is 0 Å². The zero-order chi connectivity index (χ0) is 12.5. The molecule has 1 aromatic carbocycles. The van der Waals surface area contributed by atoms with Gasteiger partial charge in [0.15, 0.2) is 0 Å². The molecule has 1 aliphatic rings. The Morgan fingerprint density at radius 3 is 2.71 bits per heavy atom. The fraction of sp³-hybridized carbons (Fsp3) is 0.214. The molecule has 0 saturated carbocycles. The molecular weight excluding hydrogens is 342 g/mol. The van der Waals surface area contributed by atoms with Crippen molar-refractivity contribution in [2.45, 2.75) is 16.6 Å². The molecule has 0 atom stereocenters. The van der Waals surface area contributed by atoms with E-state index in [-0.39, 0.29) is 3.23 Å². The number of alkyl halides is 2. The molecule has 0 unspecified atom stereocenters. The molecule has 2 rings (SSSR count). The minimum Gasteiger partial charge on any atom is -0.192 e. The van der Waals surface area contributed by atoms with Crippen molar-refractivity contribution in [3.63, 3.8) is 0 Å². The van der Waals surface area contributed by atoms with Crippen molar-refractivity contribution in [3.8, 4) is 6.07 Å². The minimum absolute atomic E-state index is 0.139. The second-order valence-corrected chi connectivity index (χ2v) is 7.96. The Kier molecular flexibility index (Phi) is 3.56. The van der Waals surface area contributed by atoms with Crippen LogP contribution >= 0.6 is 31.9 Å². The average molecular weight is 353 g/mol. The first-order chi connectivity index (χ1) is 8.03. The van der Waals surface area contributed by atoms with Crippen molar-refractivity contribution >= 4 is 37.4 Å². The van der Waals surface area contributed by atoms with Gasteiger partial charge in [-0.2, -0.15) is 5.26 Å². The van der Waals surface area contributed by atoms with Crippen molar-refractivity contribution in [1.29, 1.82) is 5.26 Å². The van der Waals surface area contributed by atoms with E-state index in [1.165, 1.54) is 0 Å². The van der Waals surface area contributed by atoms with E-state index in [0.717, 1.165) is 28.7 Å². The lowest BCUT2D eigenvalue weighted by Crippen LogP contribution is -2.08. The minimum atomic E-state index is -0.139. The number of hydrogen-bond acceptors (Lipinski definition) is 1. The molecule has 0 bridgehead atoms. The molecule has 86 valence electrons. The first-order valence-electron chi connectivity index (χ1n) is 5.31. The van der Waals surface area contributed by atoms with Gasteiger partial charge in [-0.25, -0.2) is 0 Å². The van der Waals surface area contributed by atoms with Crippen molar-refractivity contribution < 1.29 is 0 Å². The Morgan fingerprint density at radius 2 is 2.12 bits per heavy atom. The molecule has 0 aromatic heterocycles. The number of nitriles is 1. The number of aryl methyl sites for hydroxylation is 1. The summed E-state index contributed by atoms with van der Waals surface area (Å²) in [6.45, 7) is 1.97. The Balaban J connectivity index is 2.45. The predicted molar refractivity (Wildman–Crippen MR) is 78.2 cm³/mol. The van der Waals surface area contributed by atoms with Crippen molar-refractivity contribution in [2.75, 3.05) is 0 Å². The molecule has 0 amide bonds. The summed E-state index contributed by atoms with van der Waals surface area (Å²) in [5.74, 6) is 0. The second kappa shape index (κ2) is 4.80. The first-order valence-corrected chi connectivity index (χ1v) is 6.89. The lowest BCUT2D eigenvalue weighted by atomic mass is 9.93. The Bertz CT molecular complexity index is 548. The topological polar surface area (TPSA) is 23.8 Å². The SMILES string of the molecule is Cc1cccc(C2=CCC(Br)(Br)C=C2)c1C#N. The molecule has 1 nitrogen and oxygen atoms in total. The Morgan fingerprint density at radius 1 is 1.35 bits per heavy atom. The van der Waals surface area contributed by atoms with Crippen LogP contribution in [0.25, 0.3) is 5.57 Å². The van der Waals surface area contributed by atoms with Crippen LogP contribution in [-0.2, 0) is 0 Å². The fourth-order valence-electron chi connectivity index (χ4n) is 1.85. The maximum Gasteiger partial charge on any atom is 0.102 e. The summed E-state index contributed by atoms with van der Waals surface area (Å²) in [4.78, 5) is 0. The monoisotopic (exact) mass is 351 g/mol. The van der Waals surface area contributed by atoms with Gasteiger partial charge in [0.05, 0.1) is 5.56 Å². The van der Waals surface area contributed by atoms with Crippen molar-refractivity contribution in [2.24, 2.45) is 0 Å². The van der Waals surface area contributed by atoms with Gasteiger partial charge in [0, 0.05) is 0 Å². The van der Waals surface area contributed by atoms with E-state index >= 15 is 0 Å². The van der Waals surface area contributed by atoms with Gasteiger partial charge in [-0.3, -0.25) is 0 Å². The van der Waals surface area contributed by atoms with E-state index in [4.69, 9.17) is 0 Å². The van der Waals surface area contributed by atoms with Gasteiger partial charge in [-0.05, 0) is 30.0 Å². The molecule has 0 saturated heterocycles. The number of nitrogens with zero attached hydrogens (tertiary/aromatic N) is 1. The van der Waals surface area contributed by atoms with Crippen LogP contribution in [0.3, 0.4) is 0 Å². The lowest BCUT2D eigenvalue weighted by Gasteiger charge is -2.19. The molecule has 0 aliphatic heterocycles. The van der Waals surface area contributed by atoms with Crippen LogP contribution in [0, 0.1) is 18.3 Å². The fourth-order valence-corrected chi connectivity index (χ4v) is 2.44. The predicted octanol–water partition coefficient (Wildman–Crippen LogP) is 4.70. The first kappa shape index (κ1) is 12.6. The van der Waals surface area contributed by atoms with Crippen LogP contribution in [0.5, 0.6) is 0 Å². The standard InChI is InChI=1S/C14H11Br2N/c1-10-3-2-4-12(13(10)9-17)11-5-7-14(15,16)8-6-11/h2-7H,8H2,1H3. The van der Waals surface area contributed by atoms with Crippen molar-refractivity contribution in [1.82, 2.24) is 0 Å². The lowest BCUT2D eigenvalue weighted by molar-refractivity contribution is 1.03. The van der Waals surface area contributed by atoms with Gasteiger partial charge in [-0.1, -0.05) is 68.3 Å². The third kappa shape index (κ3) is 2.70. The molecule has 0 radical (unpaired) electrons. The summed E-state index contributed by atoms with van der Waals surface area (Å²) in [6.07, 6.45) is 7.10.